The maximum Gasteiger partial charge on any atom is 0.362 e. The number of likely N-dealkylation sites (N-methyl/N-ethyl adjacent to an activating group) is 1. The molecule has 4 nitrogen and oxygen atoms in total. The molecule has 2 saturated carbocycles. The van der Waals surface area contributed by atoms with Gasteiger partial charge in [-0.15, -0.1) is 0 Å². The first-order valence-corrected chi connectivity index (χ1v) is 9.11. The number of rotatable bonds is 7. The molecule has 0 N–H and O–H groups in total. The van der Waals surface area contributed by atoms with Crippen molar-refractivity contribution in [2.24, 2.45) is 16.7 Å². The standard InChI is InChI=1S/C19H36NO3.ClH/c1-14(2)23-17(21)13-20(6,7)10-11-22-16-12-15-8-9-19(16,5)18(15,3)4;/h14-16H,8-13H2,1-7H3;1H/q+1;/p-1. The Bertz CT molecular complexity index is 450. The summed E-state index contributed by atoms with van der Waals surface area (Å²) in [7, 11) is 4.13. The first-order chi connectivity index (χ1) is 10.5. The van der Waals surface area contributed by atoms with E-state index in [-0.39, 0.29) is 24.5 Å². The minimum atomic E-state index is -0.127. The van der Waals surface area contributed by atoms with E-state index in [4.69, 9.17) is 9.47 Å². The molecule has 2 fully saturated rings. The van der Waals surface area contributed by atoms with E-state index in [9.17, 15) is 4.79 Å². The fourth-order valence-electron chi connectivity index (χ4n) is 4.55. The number of esters is 1. The van der Waals surface area contributed by atoms with Crippen molar-refractivity contribution in [3.8, 4) is 0 Å². The average molecular weight is 362 g/mol. The quantitative estimate of drug-likeness (QED) is 0.481. The van der Waals surface area contributed by atoms with Gasteiger partial charge in [-0.05, 0) is 49.9 Å². The van der Waals surface area contributed by atoms with Crippen molar-refractivity contribution < 1.29 is 31.2 Å². The van der Waals surface area contributed by atoms with Gasteiger partial charge >= 0.3 is 5.97 Å². The Balaban J connectivity index is 0.00000288. The molecule has 2 aliphatic carbocycles. The van der Waals surface area contributed by atoms with Crippen molar-refractivity contribution in [1.29, 1.82) is 0 Å². The van der Waals surface area contributed by atoms with Crippen LogP contribution < -0.4 is 12.4 Å². The largest absolute Gasteiger partial charge is 1.00 e. The number of hydrogen-bond acceptors (Lipinski definition) is 3. The predicted octanol–water partition coefficient (Wildman–Crippen LogP) is 0.250. The van der Waals surface area contributed by atoms with E-state index < -0.39 is 0 Å². The third-order valence-corrected chi connectivity index (χ3v) is 6.65. The SMILES string of the molecule is CC(C)OC(=O)C[N+](C)(C)CCOC1CC2CCC1(C)C2(C)C.[Cl-]. The molecule has 2 rings (SSSR count). The van der Waals surface area contributed by atoms with Crippen molar-refractivity contribution in [3.63, 3.8) is 0 Å². The number of carbonyl (C=O) groups is 1. The van der Waals surface area contributed by atoms with Crippen LogP contribution in [0.15, 0.2) is 0 Å². The van der Waals surface area contributed by atoms with Crippen LogP contribution in [-0.2, 0) is 14.3 Å². The third-order valence-electron chi connectivity index (χ3n) is 6.65. The van der Waals surface area contributed by atoms with Gasteiger partial charge in [0.25, 0.3) is 0 Å². The molecule has 3 atom stereocenters. The fourth-order valence-corrected chi connectivity index (χ4v) is 4.55. The Kier molecular flexibility index (Phi) is 6.80. The van der Waals surface area contributed by atoms with Crippen molar-refractivity contribution >= 4 is 5.97 Å². The highest BCUT2D eigenvalue weighted by molar-refractivity contribution is 5.70. The zero-order chi connectivity index (χ0) is 17.5. The summed E-state index contributed by atoms with van der Waals surface area (Å²) in [6.45, 7) is 13.0. The van der Waals surface area contributed by atoms with E-state index in [2.05, 4.69) is 34.9 Å². The minimum absolute atomic E-state index is 0. The van der Waals surface area contributed by atoms with E-state index in [1.807, 2.05) is 13.8 Å². The van der Waals surface area contributed by atoms with E-state index in [1.54, 1.807) is 0 Å². The lowest BCUT2D eigenvalue weighted by molar-refractivity contribution is -0.883. The van der Waals surface area contributed by atoms with Gasteiger partial charge < -0.3 is 26.4 Å². The topological polar surface area (TPSA) is 35.5 Å². The zero-order valence-corrected chi connectivity index (χ0v) is 17.3. The van der Waals surface area contributed by atoms with Gasteiger partial charge in [-0.25, -0.2) is 4.79 Å². The summed E-state index contributed by atoms with van der Waals surface area (Å²) < 4.78 is 12.2. The summed E-state index contributed by atoms with van der Waals surface area (Å²) in [5.74, 6) is 0.680. The molecule has 5 heteroatoms. The molecule has 0 aromatic carbocycles. The molecule has 0 aromatic heterocycles. The Morgan fingerprint density at radius 1 is 1.25 bits per heavy atom. The van der Waals surface area contributed by atoms with Gasteiger partial charge in [0.2, 0.25) is 0 Å². The first-order valence-electron chi connectivity index (χ1n) is 9.11. The van der Waals surface area contributed by atoms with E-state index in [1.165, 1.54) is 19.3 Å². The molecule has 0 heterocycles. The van der Waals surface area contributed by atoms with Crippen LogP contribution in [0.4, 0.5) is 0 Å². The first kappa shape index (κ1) is 21.7. The van der Waals surface area contributed by atoms with Gasteiger partial charge in [0.15, 0.2) is 6.54 Å². The molecule has 2 aliphatic rings. The van der Waals surface area contributed by atoms with E-state index in [0.717, 1.165) is 12.5 Å². The smallest absolute Gasteiger partial charge is 0.362 e. The molecule has 142 valence electrons. The normalized spacial score (nSPS) is 31.2. The Morgan fingerprint density at radius 2 is 1.88 bits per heavy atom. The lowest BCUT2D eigenvalue weighted by atomic mass is 9.70. The average Bonchev–Trinajstić information content (AvgIpc) is 2.69. The number of carbonyl (C=O) groups excluding carboxylic acids is 1. The molecule has 3 unspecified atom stereocenters. The van der Waals surface area contributed by atoms with Crippen LogP contribution in [0.5, 0.6) is 0 Å². The molecule has 24 heavy (non-hydrogen) atoms. The molecule has 0 spiro atoms. The molecule has 2 bridgehead atoms. The third kappa shape index (κ3) is 4.25. The molecular formula is C19H36ClNO3. The molecule has 0 aromatic rings. The summed E-state index contributed by atoms with van der Waals surface area (Å²) >= 11 is 0. The van der Waals surface area contributed by atoms with Crippen molar-refractivity contribution in [1.82, 2.24) is 0 Å². The lowest BCUT2D eigenvalue weighted by Gasteiger charge is -2.39. The fraction of sp³-hybridized carbons (Fsp3) is 0.947. The van der Waals surface area contributed by atoms with Crippen LogP contribution in [0, 0.1) is 16.7 Å². The molecular weight excluding hydrogens is 326 g/mol. The Morgan fingerprint density at radius 3 is 2.33 bits per heavy atom. The van der Waals surface area contributed by atoms with Crippen molar-refractivity contribution in [2.45, 2.75) is 66.1 Å². The molecule has 0 amide bonds. The number of ether oxygens (including phenoxy) is 2. The number of nitrogens with zero attached hydrogens (tertiary/aromatic N) is 1. The highest BCUT2D eigenvalue weighted by Crippen LogP contribution is 2.66. The summed E-state index contributed by atoms with van der Waals surface area (Å²) in [5, 5.41) is 0. The highest BCUT2D eigenvalue weighted by atomic mass is 35.5. The summed E-state index contributed by atoms with van der Waals surface area (Å²) in [6.07, 6.45) is 4.17. The highest BCUT2D eigenvalue weighted by Gasteiger charge is 2.61. The van der Waals surface area contributed by atoms with Crippen LogP contribution in [0.25, 0.3) is 0 Å². The van der Waals surface area contributed by atoms with Gasteiger partial charge in [0.05, 0.1) is 32.9 Å². The zero-order valence-electron chi connectivity index (χ0n) is 16.5. The van der Waals surface area contributed by atoms with Crippen molar-refractivity contribution in [2.75, 3.05) is 33.8 Å². The second kappa shape index (κ2) is 7.51. The lowest BCUT2D eigenvalue weighted by Crippen LogP contribution is -3.00. The van der Waals surface area contributed by atoms with Crippen LogP contribution in [-0.4, -0.2) is 56.5 Å². The second-order valence-electron chi connectivity index (χ2n) is 9.33. The van der Waals surface area contributed by atoms with Crippen molar-refractivity contribution in [3.05, 3.63) is 0 Å². The number of halogens is 1. The summed E-state index contributed by atoms with van der Waals surface area (Å²) in [6, 6.07) is 0. The van der Waals surface area contributed by atoms with E-state index >= 15 is 0 Å². The molecule has 0 radical (unpaired) electrons. The van der Waals surface area contributed by atoms with Crippen LogP contribution in [0.2, 0.25) is 0 Å². The van der Waals surface area contributed by atoms with Crippen LogP contribution in [0.1, 0.15) is 53.9 Å². The number of quaternary nitrogens is 1. The van der Waals surface area contributed by atoms with Gasteiger partial charge in [-0.2, -0.15) is 0 Å². The molecule has 0 saturated heterocycles. The van der Waals surface area contributed by atoms with E-state index in [0.29, 0.717) is 34.6 Å². The van der Waals surface area contributed by atoms with Crippen LogP contribution in [0.3, 0.4) is 0 Å². The monoisotopic (exact) mass is 361 g/mol. The van der Waals surface area contributed by atoms with Gasteiger partial charge in [-0.3, -0.25) is 0 Å². The summed E-state index contributed by atoms with van der Waals surface area (Å²) in [4.78, 5) is 11.9. The number of fused-ring (bicyclic) bond motifs is 2. The maximum atomic E-state index is 11.9. The van der Waals surface area contributed by atoms with Gasteiger partial charge in [0, 0.05) is 0 Å². The Labute approximate surface area is 154 Å². The van der Waals surface area contributed by atoms with Gasteiger partial charge in [-0.1, -0.05) is 20.8 Å². The number of hydrogen-bond donors (Lipinski definition) is 0. The minimum Gasteiger partial charge on any atom is -1.00 e. The second-order valence-corrected chi connectivity index (χ2v) is 9.33. The summed E-state index contributed by atoms with van der Waals surface area (Å²) in [5.41, 5.74) is 0.703. The predicted molar refractivity (Wildman–Crippen MR) is 92.0 cm³/mol. The van der Waals surface area contributed by atoms with Crippen LogP contribution >= 0.6 is 0 Å². The maximum absolute atomic E-state index is 11.9. The molecule has 0 aliphatic heterocycles. The van der Waals surface area contributed by atoms with Gasteiger partial charge in [0.1, 0.15) is 6.54 Å². The Hall–Kier alpha value is -0.320.